The quantitative estimate of drug-likeness (QED) is 0.873. The van der Waals surface area contributed by atoms with Crippen LogP contribution in [0.1, 0.15) is 51.6 Å². The van der Waals surface area contributed by atoms with E-state index in [9.17, 15) is 0 Å². The molecule has 1 aromatic carbocycles. The molecule has 0 bridgehead atoms. The topological polar surface area (TPSA) is 15.3 Å². The fourth-order valence-electron chi connectivity index (χ4n) is 3.27. The zero-order valence-corrected chi connectivity index (χ0v) is 13.7. The number of hydrogen-bond acceptors (Lipinski definition) is 2. The number of benzene rings is 1. The summed E-state index contributed by atoms with van der Waals surface area (Å²) in [5.74, 6) is 0. The molecule has 0 aromatic heterocycles. The molecule has 3 atom stereocenters. The Morgan fingerprint density at radius 1 is 1.20 bits per heavy atom. The van der Waals surface area contributed by atoms with Gasteiger partial charge in [-0.3, -0.25) is 4.90 Å². The summed E-state index contributed by atoms with van der Waals surface area (Å²) < 4.78 is 0. The SMILES string of the molecule is CCC1CN(C(CC)c2ccc(Cl)cc2)C(CC)CN1. The zero-order valence-electron chi connectivity index (χ0n) is 12.9. The molecule has 0 spiro atoms. The van der Waals surface area contributed by atoms with Gasteiger partial charge in [0.1, 0.15) is 0 Å². The number of piperazine rings is 1. The highest BCUT2D eigenvalue weighted by Crippen LogP contribution is 2.30. The third kappa shape index (κ3) is 3.55. The van der Waals surface area contributed by atoms with E-state index < -0.39 is 0 Å². The number of nitrogens with one attached hydrogen (secondary N) is 1. The summed E-state index contributed by atoms with van der Waals surface area (Å²) >= 11 is 6.02. The van der Waals surface area contributed by atoms with Gasteiger partial charge in [-0.2, -0.15) is 0 Å². The van der Waals surface area contributed by atoms with Crippen LogP contribution in [-0.4, -0.2) is 30.1 Å². The molecule has 0 amide bonds. The van der Waals surface area contributed by atoms with Crippen molar-refractivity contribution in [2.75, 3.05) is 13.1 Å². The standard InChI is InChI=1S/C17H27ClN2/c1-4-15-12-20(16(5-2)11-19-15)17(6-3)13-7-9-14(18)10-8-13/h7-10,15-17,19H,4-6,11-12H2,1-3H3. The molecule has 0 aliphatic carbocycles. The van der Waals surface area contributed by atoms with Crippen molar-refractivity contribution in [3.8, 4) is 0 Å². The van der Waals surface area contributed by atoms with Gasteiger partial charge in [0.15, 0.2) is 0 Å². The van der Waals surface area contributed by atoms with Crippen LogP contribution in [-0.2, 0) is 0 Å². The molecular weight excluding hydrogens is 268 g/mol. The average molecular weight is 295 g/mol. The molecule has 20 heavy (non-hydrogen) atoms. The van der Waals surface area contributed by atoms with E-state index >= 15 is 0 Å². The fourth-order valence-corrected chi connectivity index (χ4v) is 3.39. The molecule has 2 rings (SSSR count). The van der Waals surface area contributed by atoms with Gasteiger partial charge >= 0.3 is 0 Å². The lowest BCUT2D eigenvalue weighted by Gasteiger charge is -2.44. The Labute approximate surface area is 128 Å². The van der Waals surface area contributed by atoms with Crippen molar-refractivity contribution in [1.82, 2.24) is 10.2 Å². The molecule has 1 aliphatic heterocycles. The Kier molecular flexibility index (Phi) is 5.88. The smallest absolute Gasteiger partial charge is 0.0406 e. The Balaban J connectivity index is 2.20. The van der Waals surface area contributed by atoms with E-state index in [0.29, 0.717) is 18.1 Å². The van der Waals surface area contributed by atoms with Crippen LogP contribution in [0, 0.1) is 0 Å². The minimum absolute atomic E-state index is 0.508. The summed E-state index contributed by atoms with van der Waals surface area (Å²) in [7, 11) is 0. The summed E-state index contributed by atoms with van der Waals surface area (Å²) in [6.07, 6.45) is 3.55. The summed E-state index contributed by atoms with van der Waals surface area (Å²) in [6, 6.07) is 10.2. The summed E-state index contributed by atoms with van der Waals surface area (Å²) in [5.41, 5.74) is 1.40. The van der Waals surface area contributed by atoms with E-state index in [1.54, 1.807) is 0 Å². The highest BCUT2D eigenvalue weighted by Gasteiger charge is 2.31. The minimum Gasteiger partial charge on any atom is -0.311 e. The molecule has 1 saturated heterocycles. The molecule has 1 aromatic rings. The second-order valence-corrected chi connectivity index (χ2v) is 6.18. The van der Waals surface area contributed by atoms with E-state index in [2.05, 4.69) is 43.1 Å². The van der Waals surface area contributed by atoms with Gasteiger partial charge in [0.25, 0.3) is 0 Å². The fraction of sp³-hybridized carbons (Fsp3) is 0.647. The maximum Gasteiger partial charge on any atom is 0.0406 e. The molecule has 3 heteroatoms. The lowest BCUT2D eigenvalue weighted by molar-refractivity contribution is 0.0748. The van der Waals surface area contributed by atoms with Gasteiger partial charge in [0.2, 0.25) is 0 Å². The van der Waals surface area contributed by atoms with Crippen molar-refractivity contribution in [1.29, 1.82) is 0 Å². The molecule has 2 nitrogen and oxygen atoms in total. The Morgan fingerprint density at radius 2 is 1.90 bits per heavy atom. The van der Waals surface area contributed by atoms with Gasteiger partial charge in [-0.25, -0.2) is 0 Å². The second-order valence-electron chi connectivity index (χ2n) is 5.75. The normalized spacial score (nSPS) is 25.6. The van der Waals surface area contributed by atoms with E-state index in [0.717, 1.165) is 24.5 Å². The van der Waals surface area contributed by atoms with E-state index in [-0.39, 0.29) is 0 Å². The predicted octanol–water partition coefficient (Wildman–Crippen LogP) is 4.25. The highest BCUT2D eigenvalue weighted by molar-refractivity contribution is 6.30. The van der Waals surface area contributed by atoms with Crippen LogP contribution in [0.4, 0.5) is 0 Å². The third-order valence-corrected chi connectivity index (χ3v) is 4.80. The van der Waals surface area contributed by atoms with Crippen molar-refractivity contribution >= 4 is 11.6 Å². The maximum absolute atomic E-state index is 6.02. The highest BCUT2D eigenvalue weighted by atomic mass is 35.5. The van der Waals surface area contributed by atoms with Crippen LogP contribution in [0.25, 0.3) is 0 Å². The first-order valence-corrected chi connectivity index (χ1v) is 8.31. The molecule has 1 heterocycles. The van der Waals surface area contributed by atoms with Crippen LogP contribution in [0.2, 0.25) is 5.02 Å². The van der Waals surface area contributed by atoms with Gasteiger partial charge < -0.3 is 5.32 Å². The third-order valence-electron chi connectivity index (χ3n) is 4.55. The van der Waals surface area contributed by atoms with E-state index in [1.807, 2.05) is 12.1 Å². The second kappa shape index (κ2) is 7.44. The molecule has 1 fully saturated rings. The number of halogens is 1. The molecule has 0 radical (unpaired) electrons. The predicted molar refractivity (Wildman–Crippen MR) is 87.4 cm³/mol. The molecule has 1 aliphatic rings. The summed E-state index contributed by atoms with van der Waals surface area (Å²) in [6.45, 7) is 9.11. The maximum atomic E-state index is 6.02. The Morgan fingerprint density at radius 3 is 2.45 bits per heavy atom. The van der Waals surface area contributed by atoms with Gasteiger partial charge in [0.05, 0.1) is 0 Å². The van der Waals surface area contributed by atoms with Gasteiger partial charge in [-0.05, 0) is 37.0 Å². The summed E-state index contributed by atoms with van der Waals surface area (Å²) in [4.78, 5) is 2.70. The molecule has 1 N–H and O–H groups in total. The minimum atomic E-state index is 0.508. The first kappa shape index (κ1) is 15.8. The Hall–Kier alpha value is -0.570. The zero-order chi connectivity index (χ0) is 14.5. The first-order valence-electron chi connectivity index (χ1n) is 7.94. The molecular formula is C17H27ClN2. The molecule has 0 saturated carbocycles. The monoisotopic (exact) mass is 294 g/mol. The average Bonchev–Trinajstić information content (AvgIpc) is 2.49. The lowest BCUT2D eigenvalue weighted by atomic mass is 9.96. The largest absolute Gasteiger partial charge is 0.311 e. The van der Waals surface area contributed by atoms with Crippen LogP contribution < -0.4 is 5.32 Å². The van der Waals surface area contributed by atoms with Gasteiger partial charge in [-0.1, -0.05) is 44.5 Å². The van der Waals surface area contributed by atoms with Crippen LogP contribution in [0.3, 0.4) is 0 Å². The van der Waals surface area contributed by atoms with E-state index in [1.165, 1.54) is 18.4 Å². The van der Waals surface area contributed by atoms with Gasteiger partial charge in [-0.15, -0.1) is 0 Å². The van der Waals surface area contributed by atoms with Crippen molar-refractivity contribution < 1.29 is 0 Å². The number of hydrogen-bond donors (Lipinski definition) is 1. The first-order chi connectivity index (χ1) is 9.69. The summed E-state index contributed by atoms with van der Waals surface area (Å²) in [5, 5.41) is 4.50. The number of nitrogens with zero attached hydrogens (tertiary/aromatic N) is 1. The van der Waals surface area contributed by atoms with Crippen LogP contribution >= 0.6 is 11.6 Å². The van der Waals surface area contributed by atoms with Crippen molar-refractivity contribution in [3.63, 3.8) is 0 Å². The lowest BCUT2D eigenvalue weighted by Crippen LogP contribution is -2.56. The van der Waals surface area contributed by atoms with Crippen molar-refractivity contribution in [3.05, 3.63) is 34.9 Å². The van der Waals surface area contributed by atoms with Crippen LogP contribution in [0.5, 0.6) is 0 Å². The molecule has 112 valence electrons. The molecule has 3 unspecified atom stereocenters. The number of rotatable bonds is 5. The van der Waals surface area contributed by atoms with Crippen LogP contribution in [0.15, 0.2) is 24.3 Å². The Bertz CT molecular complexity index is 404. The van der Waals surface area contributed by atoms with Crippen molar-refractivity contribution in [2.45, 2.75) is 58.2 Å². The van der Waals surface area contributed by atoms with E-state index in [4.69, 9.17) is 11.6 Å². The van der Waals surface area contributed by atoms with Crippen molar-refractivity contribution in [2.24, 2.45) is 0 Å². The van der Waals surface area contributed by atoms with Gasteiger partial charge in [0, 0.05) is 36.2 Å².